The van der Waals surface area contributed by atoms with Crippen molar-refractivity contribution in [2.75, 3.05) is 19.8 Å². The second-order valence-corrected chi connectivity index (χ2v) is 3.87. The van der Waals surface area contributed by atoms with Gasteiger partial charge < -0.3 is 10.1 Å². The van der Waals surface area contributed by atoms with Gasteiger partial charge in [-0.3, -0.25) is 0 Å². The minimum Gasteiger partial charge on any atom is -0.381 e. The Bertz CT molecular complexity index is 184. The summed E-state index contributed by atoms with van der Waals surface area (Å²) in [4.78, 5) is 0. The van der Waals surface area contributed by atoms with E-state index < -0.39 is 0 Å². The van der Waals surface area contributed by atoms with Gasteiger partial charge in [-0.2, -0.15) is 5.26 Å². The fraction of sp³-hybridized carbons (Fsp3) is 0.909. The van der Waals surface area contributed by atoms with Crippen molar-refractivity contribution in [3.8, 4) is 6.07 Å². The molecule has 3 nitrogen and oxygen atoms in total. The van der Waals surface area contributed by atoms with Crippen LogP contribution in [0.2, 0.25) is 0 Å². The molecule has 80 valence electrons. The number of rotatable bonds is 8. The van der Waals surface area contributed by atoms with Gasteiger partial charge in [-0.1, -0.05) is 19.8 Å². The second kappa shape index (κ2) is 6.80. The molecular formula is C11H20N2O. The fourth-order valence-corrected chi connectivity index (χ4v) is 1.42. The molecule has 0 amide bonds. The van der Waals surface area contributed by atoms with Gasteiger partial charge in [0, 0.05) is 13.2 Å². The molecule has 0 aromatic carbocycles. The number of nitrogens with one attached hydrogen (secondary N) is 1. The highest BCUT2D eigenvalue weighted by molar-refractivity contribution is 4.88. The first-order valence-electron chi connectivity index (χ1n) is 5.57. The topological polar surface area (TPSA) is 45.0 Å². The van der Waals surface area contributed by atoms with E-state index in [2.05, 4.69) is 11.4 Å². The van der Waals surface area contributed by atoms with Crippen LogP contribution in [0.5, 0.6) is 0 Å². The van der Waals surface area contributed by atoms with Gasteiger partial charge in [0.15, 0.2) is 0 Å². The molecule has 1 saturated carbocycles. The van der Waals surface area contributed by atoms with Crippen molar-refractivity contribution < 1.29 is 4.74 Å². The quantitative estimate of drug-likeness (QED) is 0.601. The first kappa shape index (κ1) is 11.5. The van der Waals surface area contributed by atoms with Crippen LogP contribution in [-0.4, -0.2) is 25.8 Å². The van der Waals surface area contributed by atoms with Crippen LogP contribution in [0.3, 0.4) is 0 Å². The molecule has 1 fully saturated rings. The lowest BCUT2D eigenvalue weighted by atomic mass is 10.2. The van der Waals surface area contributed by atoms with E-state index in [0.717, 1.165) is 25.5 Å². The van der Waals surface area contributed by atoms with E-state index in [-0.39, 0.29) is 6.04 Å². The fourth-order valence-electron chi connectivity index (χ4n) is 1.42. The van der Waals surface area contributed by atoms with Gasteiger partial charge in [0.1, 0.15) is 0 Å². The Morgan fingerprint density at radius 1 is 1.50 bits per heavy atom. The van der Waals surface area contributed by atoms with E-state index in [1.165, 1.54) is 19.3 Å². The molecule has 0 bridgehead atoms. The van der Waals surface area contributed by atoms with Crippen molar-refractivity contribution in [3.63, 3.8) is 0 Å². The normalized spacial score (nSPS) is 17.7. The molecule has 1 N–H and O–H groups in total. The Morgan fingerprint density at radius 3 is 2.86 bits per heavy atom. The van der Waals surface area contributed by atoms with Crippen molar-refractivity contribution in [1.29, 1.82) is 5.26 Å². The molecule has 0 aromatic heterocycles. The average Bonchev–Trinajstić information content (AvgIpc) is 2.99. The van der Waals surface area contributed by atoms with E-state index in [1.807, 2.05) is 6.92 Å². The van der Waals surface area contributed by atoms with E-state index >= 15 is 0 Å². The highest BCUT2D eigenvalue weighted by Crippen LogP contribution is 2.32. The Balaban J connectivity index is 1.87. The third-order valence-corrected chi connectivity index (χ3v) is 2.52. The van der Waals surface area contributed by atoms with Gasteiger partial charge in [-0.05, 0) is 25.3 Å². The molecule has 0 aromatic rings. The monoisotopic (exact) mass is 196 g/mol. The lowest BCUT2D eigenvalue weighted by molar-refractivity contribution is 0.122. The summed E-state index contributed by atoms with van der Waals surface area (Å²) in [5, 5.41) is 11.8. The largest absolute Gasteiger partial charge is 0.381 e. The highest BCUT2D eigenvalue weighted by atomic mass is 16.5. The van der Waals surface area contributed by atoms with Gasteiger partial charge >= 0.3 is 0 Å². The maximum Gasteiger partial charge on any atom is 0.0974 e. The van der Waals surface area contributed by atoms with E-state index in [1.54, 1.807) is 0 Å². The Morgan fingerprint density at radius 2 is 2.29 bits per heavy atom. The molecule has 1 aliphatic carbocycles. The van der Waals surface area contributed by atoms with E-state index in [4.69, 9.17) is 10.00 Å². The van der Waals surface area contributed by atoms with Crippen LogP contribution in [-0.2, 0) is 4.74 Å². The smallest absolute Gasteiger partial charge is 0.0974 e. The van der Waals surface area contributed by atoms with Gasteiger partial charge in [-0.15, -0.1) is 0 Å². The SMILES string of the molecule is CCNC(C#N)CCOCCC1CC1. The summed E-state index contributed by atoms with van der Waals surface area (Å²) < 4.78 is 5.47. The maximum absolute atomic E-state index is 8.74. The zero-order valence-electron chi connectivity index (χ0n) is 8.96. The highest BCUT2D eigenvalue weighted by Gasteiger charge is 2.20. The molecule has 14 heavy (non-hydrogen) atoms. The Kier molecular flexibility index (Phi) is 5.58. The summed E-state index contributed by atoms with van der Waals surface area (Å²) in [6, 6.07) is 2.18. The van der Waals surface area contributed by atoms with Crippen LogP contribution >= 0.6 is 0 Å². The lowest BCUT2D eigenvalue weighted by Gasteiger charge is -2.09. The van der Waals surface area contributed by atoms with Gasteiger partial charge in [0.2, 0.25) is 0 Å². The van der Waals surface area contributed by atoms with Crippen molar-refractivity contribution in [2.45, 2.75) is 38.6 Å². The van der Waals surface area contributed by atoms with Gasteiger partial charge in [-0.25, -0.2) is 0 Å². The third-order valence-electron chi connectivity index (χ3n) is 2.52. The first-order valence-corrected chi connectivity index (χ1v) is 5.57. The van der Waals surface area contributed by atoms with Crippen molar-refractivity contribution in [3.05, 3.63) is 0 Å². The summed E-state index contributed by atoms with van der Waals surface area (Å²) in [5.41, 5.74) is 0. The first-order chi connectivity index (χ1) is 6.86. The molecule has 1 rings (SSSR count). The van der Waals surface area contributed by atoms with Crippen LogP contribution in [0.15, 0.2) is 0 Å². The maximum atomic E-state index is 8.74. The molecule has 0 radical (unpaired) electrons. The van der Waals surface area contributed by atoms with Crippen molar-refractivity contribution >= 4 is 0 Å². The van der Waals surface area contributed by atoms with Crippen molar-refractivity contribution in [1.82, 2.24) is 5.32 Å². The molecule has 1 unspecified atom stereocenters. The predicted molar refractivity (Wildman–Crippen MR) is 55.9 cm³/mol. The second-order valence-electron chi connectivity index (χ2n) is 3.87. The lowest BCUT2D eigenvalue weighted by Crippen LogP contribution is -2.28. The van der Waals surface area contributed by atoms with Crippen LogP contribution in [0.1, 0.15) is 32.6 Å². The van der Waals surface area contributed by atoms with E-state index in [0.29, 0.717) is 6.61 Å². The molecule has 0 spiro atoms. The molecule has 3 heteroatoms. The molecular weight excluding hydrogens is 176 g/mol. The molecule has 0 saturated heterocycles. The van der Waals surface area contributed by atoms with Gasteiger partial charge in [0.25, 0.3) is 0 Å². The summed E-state index contributed by atoms with van der Waals surface area (Å²) in [6.45, 7) is 4.44. The van der Waals surface area contributed by atoms with Crippen LogP contribution in [0.25, 0.3) is 0 Å². The number of nitrogens with zero attached hydrogens (tertiary/aromatic N) is 1. The molecule has 0 heterocycles. The van der Waals surface area contributed by atoms with Crippen molar-refractivity contribution in [2.24, 2.45) is 5.92 Å². The summed E-state index contributed by atoms with van der Waals surface area (Å²) in [7, 11) is 0. The summed E-state index contributed by atoms with van der Waals surface area (Å²) in [6.07, 6.45) is 4.79. The Hall–Kier alpha value is -0.590. The minimum absolute atomic E-state index is 0.0408. The zero-order valence-corrected chi connectivity index (χ0v) is 8.96. The average molecular weight is 196 g/mol. The predicted octanol–water partition coefficient (Wildman–Crippen LogP) is 1.69. The number of ether oxygens (including phenoxy) is 1. The van der Waals surface area contributed by atoms with Crippen LogP contribution < -0.4 is 5.32 Å². The standard InChI is InChI=1S/C11H20N2O/c1-2-13-11(9-12)6-8-14-7-5-10-3-4-10/h10-11,13H,2-8H2,1H3. The molecule has 1 atom stereocenters. The number of hydrogen-bond donors (Lipinski definition) is 1. The van der Waals surface area contributed by atoms with Crippen LogP contribution in [0.4, 0.5) is 0 Å². The van der Waals surface area contributed by atoms with E-state index in [9.17, 15) is 0 Å². The summed E-state index contributed by atoms with van der Waals surface area (Å²) >= 11 is 0. The minimum atomic E-state index is -0.0408. The molecule has 1 aliphatic rings. The van der Waals surface area contributed by atoms with Gasteiger partial charge in [0.05, 0.1) is 12.1 Å². The number of nitriles is 1. The Labute approximate surface area is 86.4 Å². The van der Waals surface area contributed by atoms with Crippen LogP contribution in [0, 0.1) is 17.2 Å². The summed E-state index contributed by atoms with van der Waals surface area (Å²) in [5.74, 6) is 0.940. The zero-order chi connectivity index (χ0) is 10.2. The third kappa shape index (κ3) is 5.21. The number of hydrogen-bond acceptors (Lipinski definition) is 3. The molecule has 0 aliphatic heterocycles.